The topological polar surface area (TPSA) is 35.5 Å². The van der Waals surface area contributed by atoms with E-state index >= 15 is 0 Å². The van der Waals surface area contributed by atoms with Gasteiger partial charge < -0.3 is 15.3 Å². The number of piperidine rings is 1. The summed E-state index contributed by atoms with van der Waals surface area (Å²) in [5.74, 6) is 0.359. The van der Waals surface area contributed by atoms with Gasteiger partial charge in [0.25, 0.3) is 0 Å². The van der Waals surface area contributed by atoms with Crippen molar-refractivity contribution in [1.82, 2.24) is 10.2 Å². The standard InChI is InChI=1S/C14H25F3N2O/c15-14(16,17)6-9-19-7-4-12(5-8-19)18-10-11-2-1-3-13(11)20/h11-13,18,20H,1-10H2. The van der Waals surface area contributed by atoms with E-state index in [1.54, 1.807) is 0 Å². The van der Waals surface area contributed by atoms with Crippen molar-refractivity contribution in [1.29, 1.82) is 0 Å². The van der Waals surface area contributed by atoms with E-state index in [9.17, 15) is 18.3 Å². The lowest BCUT2D eigenvalue weighted by Crippen LogP contribution is -2.45. The average Bonchev–Trinajstić information content (AvgIpc) is 2.80. The largest absolute Gasteiger partial charge is 0.393 e. The predicted molar refractivity (Wildman–Crippen MR) is 71.5 cm³/mol. The number of nitrogens with zero attached hydrogens (tertiary/aromatic N) is 1. The second kappa shape index (κ2) is 7.09. The van der Waals surface area contributed by atoms with Gasteiger partial charge in [0, 0.05) is 19.1 Å². The zero-order valence-electron chi connectivity index (χ0n) is 11.8. The number of rotatable bonds is 5. The van der Waals surface area contributed by atoms with Gasteiger partial charge in [0.05, 0.1) is 12.5 Å². The van der Waals surface area contributed by atoms with Crippen LogP contribution in [0, 0.1) is 5.92 Å². The van der Waals surface area contributed by atoms with Gasteiger partial charge in [-0.2, -0.15) is 13.2 Å². The summed E-state index contributed by atoms with van der Waals surface area (Å²) in [5, 5.41) is 13.2. The van der Waals surface area contributed by atoms with Crippen molar-refractivity contribution in [2.75, 3.05) is 26.2 Å². The molecule has 2 unspecified atom stereocenters. The van der Waals surface area contributed by atoms with Gasteiger partial charge in [-0.15, -0.1) is 0 Å². The highest BCUT2D eigenvalue weighted by Crippen LogP contribution is 2.25. The SMILES string of the molecule is OC1CCCC1CNC1CCN(CCC(F)(F)F)CC1. The second-order valence-electron chi connectivity index (χ2n) is 6.15. The quantitative estimate of drug-likeness (QED) is 0.815. The van der Waals surface area contributed by atoms with Gasteiger partial charge in [0.15, 0.2) is 0 Å². The molecule has 1 saturated heterocycles. The summed E-state index contributed by atoms with van der Waals surface area (Å²) in [6.45, 7) is 2.44. The van der Waals surface area contributed by atoms with E-state index < -0.39 is 12.6 Å². The Labute approximate surface area is 118 Å². The first-order valence-corrected chi connectivity index (χ1v) is 7.64. The Morgan fingerprint density at radius 3 is 2.35 bits per heavy atom. The maximum Gasteiger partial charge on any atom is 0.390 e. The van der Waals surface area contributed by atoms with Crippen LogP contribution < -0.4 is 5.32 Å². The fraction of sp³-hybridized carbons (Fsp3) is 1.00. The molecule has 0 radical (unpaired) electrons. The first-order valence-electron chi connectivity index (χ1n) is 7.64. The van der Waals surface area contributed by atoms with Crippen LogP contribution >= 0.6 is 0 Å². The summed E-state index contributed by atoms with van der Waals surface area (Å²) in [5.41, 5.74) is 0. The highest BCUT2D eigenvalue weighted by molar-refractivity contribution is 4.82. The number of aliphatic hydroxyl groups excluding tert-OH is 1. The molecule has 0 bridgehead atoms. The molecule has 0 aromatic carbocycles. The van der Waals surface area contributed by atoms with E-state index in [1.807, 2.05) is 4.90 Å². The van der Waals surface area contributed by atoms with Crippen molar-refractivity contribution in [3.63, 3.8) is 0 Å². The van der Waals surface area contributed by atoms with Crippen molar-refractivity contribution < 1.29 is 18.3 Å². The molecule has 1 heterocycles. The summed E-state index contributed by atoms with van der Waals surface area (Å²) >= 11 is 0. The fourth-order valence-corrected chi connectivity index (χ4v) is 3.22. The van der Waals surface area contributed by atoms with Gasteiger partial charge in [-0.05, 0) is 44.7 Å². The molecule has 0 aromatic rings. The Morgan fingerprint density at radius 1 is 1.10 bits per heavy atom. The molecule has 2 rings (SSSR count). The number of nitrogens with one attached hydrogen (secondary N) is 1. The molecule has 118 valence electrons. The van der Waals surface area contributed by atoms with E-state index in [-0.39, 0.29) is 12.6 Å². The number of hydrogen-bond donors (Lipinski definition) is 2. The summed E-state index contributed by atoms with van der Waals surface area (Å²) in [6.07, 6.45) is -0.0343. The molecule has 2 atom stereocenters. The molecule has 1 aliphatic heterocycles. The van der Waals surface area contributed by atoms with Crippen molar-refractivity contribution in [3.05, 3.63) is 0 Å². The Kier molecular flexibility index (Phi) is 5.69. The highest BCUT2D eigenvalue weighted by Gasteiger charge is 2.30. The monoisotopic (exact) mass is 294 g/mol. The van der Waals surface area contributed by atoms with E-state index in [0.717, 1.165) is 51.7 Å². The van der Waals surface area contributed by atoms with Crippen LogP contribution in [-0.4, -0.2) is 54.5 Å². The zero-order chi connectivity index (χ0) is 14.6. The van der Waals surface area contributed by atoms with Crippen molar-refractivity contribution in [2.45, 2.75) is 56.8 Å². The van der Waals surface area contributed by atoms with E-state index in [0.29, 0.717) is 12.0 Å². The first kappa shape index (κ1) is 16.0. The van der Waals surface area contributed by atoms with Crippen LogP contribution in [0.4, 0.5) is 13.2 Å². The Bertz CT molecular complexity index is 291. The van der Waals surface area contributed by atoms with E-state index in [1.165, 1.54) is 0 Å². The molecule has 2 fully saturated rings. The van der Waals surface area contributed by atoms with Crippen LogP contribution in [0.25, 0.3) is 0 Å². The molecule has 0 aromatic heterocycles. The number of hydrogen-bond acceptors (Lipinski definition) is 3. The van der Waals surface area contributed by atoms with E-state index in [4.69, 9.17) is 0 Å². The Balaban J connectivity index is 1.59. The van der Waals surface area contributed by atoms with Crippen LogP contribution in [0.1, 0.15) is 38.5 Å². The van der Waals surface area contributed by atoms with Crippen LogP contribution in [0.5, 0.6) is 0 Å². The van der Waals surface area contributed by atoms with Gasteiger partial charge in [-0.25, -0.2) is 0 Å². The zero-order valence-corrected chi connectivity index (χ0v) is 11.8. The molecule has 2 N–H and O–H groups in total. The third kappa shape index (κ3) is 5.22. The first-order chi connectivity index (χ1) is 9.44. The molecule has 20 heavy (non-hydrogen) atoms. The molecule has 0 spiro atoms. The number of halogens is 3. The molecule has 1 saturated carbocycles. The molecule has 0 amide bonds. The van der Waals surface area contributed by atoms with Gasteiger partial charge >= 0.3 is 6.18 Å². The smallest absolute Gasteiger partial charge is 0.390 e. The lowest BCUT2D eigenvalue weighted by Gasteiger charge is -2.33. The van der Waals surface area contributed by atoms with Crippen molar-refractivity contribution >= 4 is 0 Å². The number of aliphatic hydroxyl groups is 1. The van der Waals surface area contributed by atoms with Gasteiger partial charge in [-0.1, -0.05) is 6.42 Å². The summed E-state index contributed by atoms with van der Waals surface area (Å²) in [7, 11) is 0. The van der Waals surface area contributed by atoms with Gasteiger partial charge in [0.2, 0.25) is 0 Å². The van der Waals surface area contributed by atoms with Crippen LogP contribution in [0.15, 0.2) is 0 Å². The minimum atomic E-state index is -4.05. The maximum absolute atomic E-state index is 12.2. The van der Waals surface area contributed by atoms with Crippen molar-refractivity contribution in [2.24, 2.45) is 5.92 Å². The Hall–Kier alpha value is -0.330. The van der Waals surface area contributed by atoms with Crippen LogP contribution in [0.3, 0.4) is 0 Å². The third-order valence-electron chi connectivity index (χ3n) is 4.59. The molecule has 6 heteroatoms. The minimum absolute atomic E-state index is 0.123. The predicted octanol–water partition coefficient (Wildman–Crippen LogP) is 2.15. The lowest BCUT2D eigenvalue weighted by atomic mass is 10.0. The normalized spacial score (nSPS) is 30.0. The summed E-state index contributed by atoms with van der Waals surface area (Å²) in [6, 6.07) is 0.393. The van der Waals surface area contributed by atoms with Crippen LogP contribution in [-0.2, 0) is 0 Å². The van der Waals surface area contributed by atoms with Crippen LogP contribution in [0.2, 0.25) is 0 Å². The van der Waals surface area contributed by atoms with Gasteiger partial charge in [-0.3, -0.25) is 0 Å². The second-order valence-corrected chi connectivity index (χ2v) is 6.15. The molecule has 2 aliphatic rings. The summed E-state index contributed by atoms with van der Waals surface area (Å²) in [4.78, 5) is 1.90. The third-order valence-corrected chi connectivity index (χ3v) is 4.59. The lowest BCUT2D eigenvalue weighted by molar-refractivity contribution is -0.138. The average molecular weight is 294 g/mol. The minimum Gasteiger partial charge on any atom is -0.393 e. The number of alkyl halides is 3. The highest BCUT2D eigenvalue weighted by atomic mass is 19.4. The molecular formula is C14H25F3N2O. The number of likely N-dealkylation sites (tertiary alicyclic amines) is 1. The van der Waals surface area contributed by atoms with Crippen molar-refractivity contribution in [3.8, 4) is 0 Å². The molecular weight excluding hydrogens is 269 g/mol. The maximum atomic E-state index is 12.2. The fourth-order valence-electron chi connectivity index (χ4n) is 3.22. The summed E-state index contributed by atoms with van der Waals surface area (Å²) < 4.78 is 36.5. The molecule has 1 aliphatic carbocycles. The van der Waals surface area contributed by atoms with Gasteiger partial charge in [0.1, 0.15) is 0 Å². The Morgan fingerprint density at radius 2 is 1.80 bits per heavy atom. The van der Waals surface area contributed by atoms with E-state index in [2.05, 4.69) is 5.32 Å². The molecule has 3 nitrogen and oxygen atoms in total.